The Balaban J connectivity index is 1.35. The highest BCUT2D eigenvalue weighted by Gasteiger charge is 2.24. The highest BCUT2D eigenvalue weighted by Crippen LogP contribution is 2.24. The SMILES string of the molecule is NC(=O)C1CCCN(c2ccc(CNc3nc(-c4ccccc4)no3)cc2)C1. The second-order valence-corrected chi connectivity index (χ2v) is 7.00. The van der Waals surface area contributed by atoms with Gasteiger partial charge in [-0.05, 0) is 30.5 Å². The van der Waals surface area contributed by atoms with Gasteiger partial charge in [0.1, 0.15) is 0 Å². The van der Waals surface area contributed by atoms with Gasteiger partial charge in [0.05, 0.1) is 5.92 Å². The van der Waals surface area contributed by atoms with Crippen LogP contribution in [0.3, 0.4) is 0 Å². The number of piperidine rings is 1. The number of nitrogens with two attached hydrogens (primary N) is 1. The standard InChI is InChI=1S/C21H23N5O2/c22-19(27)17-7-4-12-26(14-17)18-10-8-15(9-11-18)13-23-21-24-20(25-28-21)16-5-2-1-3-6-16/h1-3,5-6,8-11,17H,4,7,12-14H2,(H2,22,27)(H,23,24,25). The van der Waals surface area contributed by atoms with E-state index in [0.717, 1.165) is 36.2 Å². The number of amides is 1. The lowest BCUT2D eigenvalue weighted by atomic mass is 9.97. The van der Waals surface area contributed by atoms with E-state index in [1.807, 2.05) is 30.3 Å². The van der Waals surface area contributed by atoms with Crippen LogP contribution in [0.4, 0.5) is 11.7 Å². The molecule has 1 saturated heterocycles. The van der Waals surface area contributed by atoms with Gasteiger partial charge < -0.3 is 20.5 Å². The molecule has 0 saturated carbocycles. The maximum atomic E-state index is 11.5. The Hall–Kier alpha value is -3.35. The van der Waals surface area contributed by atoms with E-state index >= 15 is 0 Å². The molecule has 3 N–H and O–H groups in total. The Kier molecular flexibility index (Phi) is 5.23. The Morgan fingerprint density at radius 1 is 1.18 bits per heavy atom. The zero-order chi connectivity index (χ0) is 19.3. The first-order chi connectivity index (χ1) is 13.7. The second-order valence-electron chi connectivity index (χ2n) is 7.00. The monoisotopic (exact) mass is 377 g/mol. The van der Waals surface area contributed by atoms with Crippen molar-refractivity contribution < 1.29 is 9.32 Å². The van der Waals surface area contributed by atoms with E-state index in [1.54, 1.807) is 0 Å². The number of rotatable bonds is 6. The zero-order valence-electron chi connectivity index (χ0n) is 15.5. The van der Waals surface area contributed by atoms with E-state index in [-0.39, 0.29) is 11.8 Å². The minimum atomic E-state index is -0.208. The van der Waals surface area contributed by atoms with E-state index in [9.17, 15) is 4.79 Å². The van der Waals surface area contributed by atoms with Crippen molar-refractivity contribution >= 4 is 17.6 Å². The molecule has 2 aromatic carbocycles. The van der Waals surface area contributed by atoms with Gasteiger partial charge in [0.25, 0.3) is 0 Å². The Morgan fingerprint density at radius 2 is 1.96 bits per heavy atom. The molecular formula is C21H23N5O2. The Morgan fingerprint density at radius 3 is 2.71 bits per heavy atom. The summed E-state index contributed by atoms with van der Waals surface area (Å²) < 4.78 is 5.27. The van der Waals surface area contributed by atoms with Crippen LogP contribution >= 0.6 is 0 Å². The van der Waals surface area contributed by atoms with E-state index in [1.165, 1.54) is 0 Å². The molecular weight excluding hydrogens is 354 g/mol. The summed E-state index contributed by atoms with van der Waals surface area (Å²) in [6.45, 7) is 2.23. The first kappa shape index (κ1) is 18.0. The fourth-order valence-corrected chi connectivity index (χ4v) is 3.45. The first-order valence-electron chi connectivity index (χ1n) is 9.45. The van der Waals surface area contributed by atoms with Crippen LogP contribution in [0.5, 0.6) is 0 Å². The van der Waals surface area contributed by atoms with Gasteiger partial charge >= 0.3 is 6.01 Å². The van der Waals surface area contributed by atoms with E-state index in [4.69, 9.17) is 10.3 Å². The first-order valence-corrected chi connectivity index (χ1v) is 9.45. The maximum absolute atomic E-state index is 11.5. The molecule has 1 aliphatic heterocycles. The van der Waals surface area contributed by atoms with Gasteiger partial charge in [-0.2, -0.15) is 4.98 Å². The van der Waals surface area contributed by atoms with Crippen LogP contribution in [0.15, 0.2) is 59.1 Å². The van der Waals surface area contributed by atoms with E-state index in [0.29, 0.717) is 24.9 Å². The normalized spacial score (nSPS) is 16.7. The van der Waals surface area contributed by atoms with Crippen molar-refractivity contribution in [3.63, 3.8) is 0 Å². The maximum Gasteiger partial charge on any atom is 0.322 e. The van der Waals surface area contributed by atoms with Crippen molar-refractivity contribution in [2.24, 2.45) is 11.7 Å². The predicted octanol–water partition coefficient (Wildman–Crippen LogP) is 3.05. The van der Waals surface area contributed by atoms with Crippen molar-refractivity contribution in [1.29, 1.82) is 0 Å². The molecule has 1 unspecified atom stereocenters. The molecule has 3 aromatic rings. The van der Waals surface area contributed by atoms with Crippen molar-refractivity contribution in [2.45, 2.75) is 19.4 Å². The quantitative estimate of drug-likeness (QED) is 0.685. The fourth-order valence-electron chi connectivity index (χ4n) is 3.45. The topological polar surface area (TPSA) is 97.3 Å². The zero-order valence-corrected chi connectivity index (χ0v) is 15.5. The summed E-state index contributed by atoms with van der Waals surface area (Å²) in [5.41, 5.74) is 8.60. The number of benzene rings is 2. The highest BCUT2D eigenvalue weighted by molar-refractivity contribution is 5.77. The van der Waals surface area contributed by atoms with Gasteiger partial charge in [-0.3, -0.25) is 4.79 Å². The van der Waals surface area contributed by atoms with Crippen molar-refractivity contribution in [2.75, 3.05) is 23.3 Å². The van der Waals surface area contributed by atoms with E-state index < -0.39 is 0 Å². The number of nitrogens with one attached hydrogen (secondary N) is 1. The van der Waals surface area contributed by atoms with Crippen molar-refractivity contribution in [1.82, 2.24) is 10.1 Å². The molecule has 2 heterocycles. The summed E-state index contributed by atoms with van der Waals surface area (Å²) in [6, 6.07) is 18.4. The van der Waals surface area contributed by atoms with Crippen LogP contribution in [0, 0.1) is 5.92 Å². The van der Waals surface area contributed by atoms with Crippen LogP contribution in [-0.2, 0) is 11.3 Å². The summed E-state index contributed by atoms with van der Waals surface area (Å²) in [4.78, 5) is 18.1. The van der Waals surface area contributed by atoms with Gasteiger partial charge in [-0.1, -0.05) is 47.6 Å². The number of anilines is 2. The summed E-state index contributed by atoms with van der Waals surface area (Å²) >= 11 is 0. The smallest absolute Gasteiger partial charge is 0.322 e. The predicted molar refractivity (Wildman–Crippen MR) is 108 cm³/mol. The second kappa shape index (κ2) is 8.12. The number of hydrogen-bond acceptors (Lipinski definition) is 6. The van der Waals surface area contributed by atoms with Gasteiger partial charge in [0, 0.05) is 30.9 Å². The van der Waals surface area contributed by atoms with E-state index in [2.05, 4.69) is 44.6 Å². The molecule has 144 valence electrons. The molecule has 4 rings (SSSR count). The summed E-state index contributed by atoms with van der Waals surface area (Å²) in [6.07, 6.45) is 1.86. The van der Waals surface area contributed by atoms with Crippen LogP contribution in [0.25, 0.3) is 11.4 Å². The van der Waals surface area contributed by atoms with Gasteiger partial charge in [-0.15, -0.1) is 0 Å². The summed E-state index contributed by atoms with van der Waals surface area (Å²) in [5.74, 6) is 0.291. The lowest BCUT2D eigenvalue weighted by molar-refractivity contribution is -0.122. The number of aromatic nitrogens is 2. The Bertz CT molecular complexity index is 923. The van der Waals surface area contributed by atoms with Crippen LogP contribution < -0.4 is 16.0 Å². The molecule has 1 amide bonds. The van der Waals surface area contributed by atoms with Crippen LogP contribution in [0.1, 0.15) is 18.4 Å². The average Bonchev–Trinajstić information content (AvgIpc) is 3.22. The number of carbonyl (C=O) groups is 1. The van der Waals surface area contributed by atoms with Crippen LogP contribution in [0.2, 0.25) is 0 Å². The molecule has 0 bridgehead atoms. The number of hydrogen-bond donors (Lipinski definition) is 2. The van der Waals surface area contributed by atoms with Crippen molar-refractivity contribution in [3.05, 3.63) is 60.2 Å². The molecule has 0 aliphatic carbocycles. The summed E-state index contributed by atoms with van der Waals surface area (Å²) in [7, 11) is 0. The number of carbonyl (C=O) groups excluding carboxylic acids is 1. The molecule has 28 heavy (non-hydrogen) atoms. The lowest BCUT2D eigenvalue weighted by Gasteiger charge is -2.33. The molecule has 7 heteroatoms. The van der Waals surface area contributed by atoms with Crippen LogP contribution in [-0.4, -0.2) is 29.1 Å². The Labute approximate surface area is 163 Å². The molecule has 1 aromatic heterocycles. The highest BCUT2D eigenvalue weighted by atomic mass is 16.5. The molecule has 1 aliphatic rings. The molecule has 7 nitrogen and oxygen atoms in total. The number of primary amides is 1. The number of nitrogens with zero attached hydrogens (tertiary/aromatic N) is 3. The third-order valence-corrected chi connectivity index (χ3v) is 5.03. The minimum absolute atomic E-state index is 0.0635. The van der Waals surface area contributed by atoms with Gasteiger partial charge in [-0.25, -0.2) is 0 Å². The molecule has 1 atom stereocenters. The third-order valence-electron chi connectivity index (χ3n) is 5.03. The summed E-state index contributed by atoms with van der Waals surface area (Å²) in [5, 5.41) is 7.16. The molecule has 0 spiro atoms. The fraction of sp³-hybridized carbons (Fsp3) is 0.286. The largest absolute Gasteiger partial charge is 0.371 e. The van der Waals surface area contributed by atoms with Gasteiger partial charge in [0.2, 0.25) is 11.7 Å². The average molecular weight is 377 g/mol. The van der Waals surface area contributed by atoms with Gasteiger partial charge in [0.15, 0.2) is 0 Å². The van der Waals surface area contributed by atoms with Crippen molar-refractivity contribution in [3.8, 4) is 11.4 Å². The lowest BCUT2D eigenvalue weighted by Crippen LogP contribution is -2.41. The molecule has 1 fully saturated rings. The molecule has 0 radical (unpaired) electrons. The third kappa shape index (κ3) is 4.14. The minimum Gasteiger partial charge on any atom is -0.371 e.